The van der Waals surface area contributed by atoms with Crippen LogP contribution in [0.5, 0.6) is 0 Å². The molecule has 3 N–H and O–H groups in total. The van der Waals surface area contributed by atoms with Crippen LogP contribution in [0.2, 0.25) is 0 Å². The smallest absolute Gasteiger partial charge is 0.138 e. The second-order valence-electron chi connectivity index (χ2n) is 8.42. The quantitative estimate of drug-likeness (QED) is 0.556. The van der Waals surface area contributed by atoms with Crippen LogP contribution < -0.4 is 5.73 Å². The molecule has 4 aromatic rings. The van der Waals surface area contributed by atoms with E-state index in [1.165, 1.54) is 5.56 Å². The zero-order valence-corrected chi connectivity index (χ0v) is 16.8. The number of rotatable bonds is 3. The van der Waals surface area contributed by atoms with Gasteiger partial charge in [-0.1, -0.05) is 24.3 Å². The lowest BCUT2D eigenvalue weighted by Gasteiger charge is -2.38. The van der Waals surface area contributed by atoms with Crippen molar-refractivity contribution in [2.45, 2.75) is 26.0 Å². The van der Waals surface area contributed by atoms with Gasteiger partial charge in [0.25, 0.3) is 0 Å². The number of aromatic nitrogens is 3. The molecule has 6 nitrogen and oxygen atoms in total. The number of hydrogen-bond donors (Lipinski definition) is 2. The minimum atomic E-state index is -0.0719. The van der Waals surface area contributed by atoms with Crippen LogP contribution in [0.3, 0.4) is 0 Å². The number of morpholine rings is 1. The minimum absolute atomic E-state index is 0.0719. The average molecular weight is 387 g/mol. The minimum Gasteiger partial charge on any atom is -0.384 e. The summed E-state index contributed by atoms with van der Waals surface area (Å²) in [6.45, 7) is 7.97. The summed E-state index contributed by atoms with van der Waals surface area (Å²) in [5.74, 6) is 0.513. The van der Waals surface area contributed by atoms with E-state index in [-0.39, 0.29) is 5.60 Å². The van der Waals surface area contributed by atoms with E-state index in [1.54, 1.807) is 6.20 Å². The largest absolute Gasteiger partial charge is 0.384 e. The van der Waals surface area contributed by atoms with Crippen LogP contribution in [-0.4, -0.2) is 45.1 Å². The van der Waals surface area contributed by atoms with E-state index < -0.39 is 0 Å². The third kappa shape index (κ3) is 3.57. The Morgan fingerprint density at radius 3 is 2.69 bits per heavy atom. The molecule has 0 atom stereocenters. The Labute approximate surface area is 169 Å². The molecule has 0 saturated carbocycles. The van der Waals surface area contributed by atoms with Gasteiger partial charge in [0.05, 0.1) is 23.9 Å². The van der Waals surface area contributed by atoms with Crippen molar-refractivity contribution in [3.8, 4) is 11.1 Å². The van der Waals surface area contributed by atoms with Crippen molar-refractivity contribution < 1.29 is 4.74 Å². The molecule has 0 bridgehead atoms. The topological polar surface area (TPSA) is 80.1 Å². The molecule has 1 fully saturated rings. The highest BCUT2D eigenvalue weighted by Crippen LogP contribution is 2.29. The molecule has 0 aliphatic carbocycles. The summed E-state index contributed by atoms with van der Waals surface area (Å²) in [5.41, 5.74) is 11.2. The maximum absolute atomic E-state index is 5.88. The van der Waals surface area contributed by atoms with Crippen molar-refractivity contribution in [1.29, 1.82) is 0 Å². The molecule has 0 unspecified atom stereocenters. The molecule has 1 aliphatic rings. The average Bonchev–Trinajstić information content (AvgIpc) is 3.05. The van der Waals surface area contributed by atoms with Crippen molar-refractivity contribution in [2.24, 2.45) is 0 Å². The van der Waals surface area contributed by atoms with E-state index in [4.69, 9.17) is 10.5 Å². The standard InChI is InChI=1S/C23H25N5O/c1-23(2)14-28(7-8-29-23)13-15-3-5-16(6-4-15)17-9-19-18-10-21(24)25-12-20(18)27-22(19)26-11-17/h3-6,9-12H,7-8,13-14H2,1-2H3,(H2,24,25)(H,26,27). The first-order valence-corrected chi connectivity index (χ1v) is 9.95. The Morgan fingerprint density at radius 2 is 1.90 bits per heavy atom. The second kappa shape index (κ2) is 6.83. The third-order valence-electron chi connectivity index (χ3n) is 5.55. The van der Waals surface area contributed by atoms with Crippen LogP contribution in [0.25, 0.3) is 33.1 Å². The van der Waals surface area contributed by atoms with Gasteiger partial charge in [-0.2, -0.15) is 0 Å². The fourth-order valence-corrected chi connectivity index (χ4v) is 4.16. The number of nitrogen functional groups attached to an aromatic ring is 1. The number of H-pyrrole nitrogens is 1. The number of nitrogens with one attached hydrogen (secondary N) is 1. The van der Waals surface area contributed by atoms with Crippen LogP contribution in [0.1, 0.15) is 19.4 Å². The number of nitrogens with zero attached hydrogens (tertiary/aromatic N) is 3. The molecule has 29 heavy (non-hydrogen) atoms. The summed E-state index contributed by atoms with van der Waals surface area (Å²) in [6.07, 6.45) is 3.67. The molecule has 5 rings (SSSR count). The number of ether oxygens (including phenoxy) is 1. The highest BCUT2D eigenvalue weighted by molar-refractivity contribution is 6.07. The predicted octanol–water partition coefficient (Wildman–Crippen LogP) is 3.97. The van der Waals surface area contributed by atoms with E-state index in [0.717, 1.165) is 59.3 Å². The number of anilines is 1. The van der Waals surface area contributed by atoms with E-state index in [9.17, 15) is 0 Å². The van der Waals surface area contributed by atoms with Crippen molar-refractivity contribution in [3.63, 3.8) is 0 Å². The fraction of sp³-hybridized carbons (Fsp3) is 0.304. The molecular formula is C23H25N5O. The summed E-state index contributed by atoms with van der Waals surface area (Å²) in [5, 5.41) is 2.11. The van der Waals surface area contributed by atoms with Gasteiger partial charge in [0.2, 0.25) is 0 Å². The Balaban J connectivity index is 1.41. The fourth-order valence-electron chi connectivity index (χ4n) is 4.16. The molecular weight excluding hydrogens is 362 g/mol. The van der Waals surface area contributed by atoms with Crippen LogP contribution in [0.15, 0.2) is 48.8 Å². The maximum atomic E-state index is 5.88. The normalized spacial score (nSPS) is 17.2. The van der Waals surface area contributed by atoms with Crippen LogP contribution in [0.4, 0.5) is 5.82 Å². The number of pyridine rings is 2. The number of fused-ring (bicyclic) bond motifs is 3. The lowest BCUT2D eigenvalue weighted by molar-refractivity contribution is -0.0882. The molecule has 148 valence electrons. The van der Waals surface area contributed by atoms with Gasteiger partial charge in [0.15, 0.2) is 0 Å². The van der Waals surface area contributed by atoms with Gasteiger partial charge in [0.1, 0.15) is 11.5 Å². The monoisotopic (exact) mass is 387 g/mol. The van der Waals surface area contributed by atoms with E-state index in [2.05, 4.69) is 64.0 Å². The van der Waals surface area contributed by atoms with E-state index in [1.807, 2.05) is 12.3 Å². The molecule has 3 aromatic heterocycles. The molecule has 6 heteroatoms. The number of aromatic amines is 1. The van der Waals surface area contributed by atoms with Gasteiger partial charge in [0, 0.05) is 42.2 Å². The molecule has 0 spiro atoms. The Morgan fingerprint density at radius 1 is 1.07 bits per heavy atom. The van der Waals surface area contributed by atoms with Crippen LogP contribution >= 0.6 is 0 Å². The third-order valence-corrected chi connectivity index (χ3v) is 5.55. The molecule has 0 radical (unpaired) electrons. The Kier molecular flexibility index (Phi) is 4.26. The molecule has 1 saturated heterocycles. The number of benzene rings is 1. The second-order valence-corrected chi connectivity index (χ2v) is 8.42. The summed E-state index contributed by atoms with van der Waals surface area (Å²) < 4.78 is 5.81. The van der Waals surface area contributed by atoms with Crippen molar-refractivity contribution in [3.05, 3.63) is 54.4 Å². The number of nitrogens with two attached hydrogens (primary N) is 1. The first kappa shape index (κ1) is 18.1. The predicted molar refractivity (Wildman–Crippen MR) is 117 cm³/mol. The highest BCUT2D eigenvalue weighted by atomic mass is 16.5. The summed E-state index contributed by atoms with van der Waals surface area (Å²) in [6, 6.07) is 12.8. The van der Waals surface area contributed by atoms with Crippen LogP contribution in [0, 0.1) is 0 Å². The van der Waals surface area contributed by atoms with E-state index >= 15 is 0 Å². The molecule has 0 amide bonds. The van der Waals surface area contributed by atoms with Crippen molar-refractivity contribution in [2.75, 3.05) is 25.4 Å². The highest BCUT2D eigenvalue weighted by Gasteiger charge is 2.26. The molecule has 4 heterocycles. The zero-order chi connectivity index (χ0) is 20.0. The van der Waals surface area contributed by atoms with E-state index in [0.29, 0.717) is 5.82 Å². The van der Waals surface area contributed by atoms with Gasteiger partial charge >= 0.3 is 0 Å². The van der Waals surface area contributed by atoms with Gasteiger partial charge in [-0.3, -0.25) is 4.90 Å². The van der Waals surface area contributed by atoms with Crippen molar-refractivity contribution in [1.82, 2.24) is 19.9 Å². The summed E-state index contributed by atoms with van der Waals surface area (Å²) in [4.78, 5) is 14.5. The number of hydrogen-bond acceptors (Lipinski definition) is 5. The van der Waals surface area contributed by atoms with Gasteiger partial charge in [-0.15, -0.1) is 0 Å². The van der Waals surface area contributed by atoms with Gasteiger partial charge in [-0.05, 0) is 37.1 Å². The Hall–Kier alpha value is -2.96. The van der Waals surface area contributed by atoms with Gasteiger partial charge < -0.3 is 15.5 Å². The lowest BCUT2D eigenvalue weighted by Crippen LogP contribution is -2.47. The molecule has 1 aromatic carbocycles. The first-order chi connectivity index (χ1) is 14.0. The summed E-state index contributed by atoms with van der Waals surface area (Å²) in [7, 11) is 0. The molecule has 1 aliphatic heterocycles. The van der Waals surface area contributed by atoms with Gasteiger partial charge in [-0.25, -0.2) is 9.97 Å². The Bertz CT molecular complexity index is 1180. The first-order valence-electron chi connectivity index (χ1n) is 9.95. The summed E-state index contributed by atoms with van der Waals surface area (Å²) >= 11 is 0. The SMILES string of the molecule is CC1(C)CN(Cc2ccc(-c3cnc4[nH]c5cnc(N)cc5c4c3)cc2)CCO1. The van der Waals surface area contributed by atoms with Crippen LogP contribution in [-0.2, 0) is 11.3 Å². The maximum Gasteiger partial charge on any atom is 0.138 e. The zero-order valence-electron chi connectivity index (χ0n) is 16.8. The lowest BCUT2D eigenvalue weighted by atomic mass is 10.0. The van der Waals surface area contributed by atoms with Crippen molar-refractivity contribution >= 4 is 27.8 Å².